The highest BCUT2D eigenvalue weighted by Gasteiger charge is 2.40. The van der Waals surface area contributed by atoms with Crippen LogP contribution in [0, 0.1) is 5.92 Å². The smallest absolute Gasteiger partial charge is 0.328 e. The average Bonchev–Trinajstić information content (AvgIpc) is 3.41. The van der Waals surface area contributed by atoms with Gasteiger partial charge in [-0.25, -0.2) is 4.79 Å². The van der Waals surface area contributed by atoms with Gasteiger partial charge < -0.3 is 15.0 Å². The molecule has 4 aromatic rings. The van der Waals surface area contributed by atoms with Crippen LogP contribution < -0.4 is 21.3 Å². The summed E-state index contributed by atoms with van der Waals surface area (Å²) in [5.74, 6) is 1.87. The topological polar surface area (TPSA) is 89.0 Å². The fraction of sp³-hybridized carbons (Fsp3) is 0.375. The van der Waals surface area contributed by atoms with Crippen LogP contribution in [0.4, 0.5) is 0 Å². The molecule has 35 heavy (non-hydrogen) atoms. The van der Waals surface area contributed by atoms with E-state index in [1.165, 1.54) is 27.0 Å². The minimum Gasteiger partial charge on any atom is -0.496 e. The van der Waals surface area contributed by atoms with E-state index in [0.29, 0.717) is 50.3 Å². The number of pyridine rings is 1. The van der Waals surface area contributed by atoms with Crippen LogP contribution >= 0.6 is 47.8 Å². The van der Waals surface area contributed by atoms with Crippen LogP contribution in [0.3, 0.4) is 0 Å². The third-order valence-corrected chi connectivity index (χ3v) is 8.83. The summed E-state index contributed by atoms with van der Waals surface area (Å²) in [4.78, 5) is 33.3. The number of hydrogen-bond acceptors (Lipinski definition) is 6. The Morgan fingerprint density at radius 2 is 2.06 bits per heavy atom. The second-order valence-electron chi connectivity index (χ2n) is 8.82. The molecule has 1 aliphatic heterocycles. The van der Waals surface area contributed by atoms with Gasteiger partial charge in [-0.15, -0.1) is 36.2 Å². The van der Waals surface area contributed by atoms with Gasteiger partial charge in [0.2, 0.25) is 0 Å². The van der Waals surface area contributed by atoms with Crippen molar-refractivity contribution in [1.82, 2.24) is 19.9 Å². The summed E-state index contributed by atoms with van der Waals surface area (Å²) in [7, 11) is 1.72. The first-order valence-electron chi connectivity index (χ1n) is 11.2. The summed E-state index contributed by atoms with van der Waals surface area (Å²) >= 11 is 7.57. The maximum Gasteiger partial charge on any atom is 0.328 e. The highest BCUT2D eigenvalue weighted by Crippen LogP contribution is 2.45. The molecule has 0 bridgehead atoms. The van der Waals surface area contributed by atoms with Crippen LogP contribution in [0.1, 0.15) is 29.9 Å². The molecule has 0 spiro atoms. The Morgan fingerprint density at radius 1 is 1.23 bits per heavy atom. The summed E-state index contributed by atoms with van der Waals surface area (Å²) in [6.07, 6.45) is 4.41. The molecule has 2 aliphatic rings. The summed E-state index contributed by atoms with van der Waals surface area (Å²) in [6.45, 7) is 1.30. The Bertz CT molecular complexity index is 1520. The number of halogens is 3. The first kappa shape index (κ1) is 26.0. The van der Waals surface area contributed by atoms with Crippen molar-refractivity contribution < 1.29 is 4.74 Å². The molecule has 6 rings (SSSR count). The fourth-order valence-corrected chi connectivity index (χ4v) is 7.02. The minimum absolute atomic E-state index is 0. The van der Waals surface area contributed by atoms with E-state index in [2.05, 4.69) is 27.4 Å². The van der Waals surface area contributed by atoms with Crippen molar-refractivity contribution >= 4 is 68.2 Å². The predicted molar refractivity (Wildman–Crippen MR) is 145 cm³/mol. The number of aromatic nitrogens is 3. The van der Waals surface area contributed by atoms with Gasteiger partial charge in [-0.2, -0.15) is 0 Å². The predicted octanol–water partition coefficient (Wildman–Crippen LogP) is 4.51. The van der Waals surface area contributed by atoms with E-state index in [1.54, 1.807) is 19.4 Å². The van der Waals surface area contributed by atoms with Crippen molar-refractivity contribution in [3.05, 3.63) is 67.4 Å². The molecule has 0 radical (unpaired) electrons. The summed E-state index contributed by atoms with van der Waals surface area (Å²) in [6, 6.07) is 8.17. The Labute approximate surface area is 222 Å². The third-order valence-electron chi connectivity index (χ3n) is 7.20. The first-order valence-corrected chi connectivity index (χ1v) is 12.3. The maximum absolute atomic E-state index is 13.2. The highest BCUT2D eigenvalue weighted by atomic mass is 35.5. The number of rotatable bonds is 4. The second kappa shape index (κ2) is 10.1. The molecule has 0 saturated carbocycles. The van der Waals surface area contributed by atoms with E-state index < -0.39 is 5.69 Å². The molecule has 3 atom stereocenters. The highest BCUT2D eigenvalue weighted by molar-refractivity contribution is 7.26. The molecule has 7 nitrogen and oxygen atoms in total. The van der Waals surface area contributed by atoms with Crippen molar-refractivity contribution in [3.8, 4) is 5.75 Å². The normalized spacial score (nSPS) is 20.7. The van der Waals surface area contributed by atoms with Crippen LogP contribution in [-0.2, 0) is 13.0 Å². The Morgan fingerprint density at radius 3 is 2.86 bits per heavy atom. The molecule has 186 valence electrons. The summed E-state index contributed by atoms with van der Waals surface area (Å²) in [5, 5.41) is 4.19. The van der Waals surface area contributed by atoms with E-state index in [4.69, 9.17) is 16.3 Å². The number of hydrogen-bond donors (Lipinski definition) is 2. The van der Waals surface area contributed by atoms with Gasteiger partial charge in [-0.05, 0) is 55.0 Å². The monoisotopic (exact) mass is 554 g/mol. The van der Waals surface area contributed by atoms with E-state index in [1.807, 2.05) is 6.07 Å². The van der Waals surface area contributed by atoms with Crippen molar-refractivity contribution in [1.29, 1.82) is 0 Å². The van der Waals surface area contributed by atoms with Crippen molar-refractivity contribution in [3.63, 3.8) is 0 Å². The number of aromatic amines is 1. The number of ether oxygens (including phenoxy) is 1. The van der Waals surface area contributed by atoms with Crippen LogP contribution in [-0.4, -0.2) is 34.2 Å². The van der Waals surface area contributed by atoms with Gasteiger partial charge in [-0.3, -0.25) is 14.3 Å². The van der Waals surface area contributed by atoms with E-state index in [-0.39, 0.29) is 36.4 Å². The number of methoxy groups -OCH3 is 1. The van der Waals surface area contributed by atoms with Crippen molar-refractivity contribution in [2.75, 3.05) is 13.7 Å². The standard InChI is InChI=1S/C24H23ClN4O3S.2ClH/c1-32-17-4-2-3-14-13(17)6-5-12-11-27-16(18(12)14)8-10-29-23(30)22-20(28-24(29)31)19-21(33-22)15(25)7-9-26-19;;/h2-4,7,9,12,16,18,27H,5-6,8,10-11H2,1H3,(H,28,31);2*1H/t12-,16?,18+;;/m0../s1. The van der Waals surface area contributed by atoms with Crippen molar-refractivity contribution in [2.24, 2.45) is 5.92 Å². The molecular formula is C24H25Cl3N4O3S. The number of fused-ring (bicyclic) bond motifs is 6. The van der Waals surface area contributed by atoms with Crippen molar-refractivity contribution in [2.45, 2.75) is 37.8 Å². The van der Waals surface area contributed by atoms with Crippen LogP contribution in [0.2, 0.25) is 5.02 Å². The quantitative estimate of drug-likeness (QED) is 0.387. The molecule has 3 aromatic heterocycles. The lowest BCUT2D eigenvalue weighted by Crippen LogP contribution is -2.37. The lowest BCUT2D eigenvalue weighted by Gasteiger charge is -2.32. The molecule has 1 fully saturated rings. The molecule has 1 aromatic carbocycles. The van der Waals surface area contributed by atoms with Crippen LogP contribution in [0.25, 0.3) is 20.4 Å². The fourth-order valence-electron chi connectivity index (χ4n) is 5.69. The SMILES string of the molecule is COc1cccc2c1CC[C@H]1CNC(CCn3c(=O)[nH]c4c(sc5c(Cl)ccnc54)c3=O)[C@@H]21.Cl.Cl. The van der Waals surface area contributed by atoms with Gasteiger partial charge in [0.25, 0.3) is 5.56 Å². The van der Waals surface area contributed by atoms with Gasteiger partial charge in [0.1, 0.15) is 16.0 Å². The molecule has 1 saturated heterocycles. The summed E-state index contributed by atoms with van der Waals surface area (Å²) < 4.78 is 8.12. The van der Waals surface area contributed by atoms with Gasteiger partial charge >= 0.3 is 5.69 Å². The number of benzene rings is 1. The lowest BCUT2D eigenvalue weighted by atomic mass is 9.73. The van der Waals surface area contributed by atoms with Crippen LogP contribution in [0.5, 0.6) is 5.75 Å². The number of nitrogens with one attached hydrogen (secondary N) is 2. The number of H-pyrrole nitrogens is 1. The average molecular weight is 556 g/mol. The lowest BCUT2D eigenvalue weighted by molar-refractivity contribution is 0.371. The minimum atomic E-state index is -0.408. The molecule has 1 unspecified atom stereocenters. The molecule has 1 aliphatic carbocycles. The van der Waals surface area contributed by atoms with E-state index >= 15 is 0 Å². The maximum atomic E-state index is 13.2. The Balaban J connectivity index is 0.00000144. The second-order valence-corrected chi connectivity index (χ2v) is 10.2. The molecule has 0 amide bonds. The van der Waals surface area contributed by atoms with E-state index in [9.17, 15) is 9.59 Å². The summed E-state index contributed by atoms with van der Waals surface area (Å²) in [5.41, 5.74) is 2.97. The zero-order valence-corrected chi connectivity index (χ0v) is 22.1. The molecule has 4 heterocycles. The van der Waals surface area contributed by atoms with E-state index in [0.717, 1.165) is 25.1 Å². The van der Waals surface area contributed by atoms with Gasteiger partial charge in [0.05, 0.1) is 22.3 Å². The van der Waals surface area contributed by atoms with Crippen LogP contribution in [0.15, 0.2) is 40.1 Å². The zero-order chi connectivity index (χ0) is 22.7. The largest absolute Gasteiger partial charge is 0.496 e. The molecular weight excluding hydrogens is 531 g/mol. The zero-order valence-electron chi connectivity index (χ0n) is 18.9. The first-order chi connectivity index (χ1) is 16.1. The van der Waals surface area contributed by atoms with Gasteiger partial charge in [-0.1, -0.05) is 23.7 Å². The van der Waals surface area contributed by atoms with Gasteiger partial charge in [0, 0.05) is 24.7 Å². The number of thiophene rings is 1. The third kappa shape index (κ3) is 4.15. The molecule has 2 N–H and O–H groups in total. The van der Waals surface area contributed by atoms with Gasteiger partial charge in [0.15, 0.2) is 0 Å². The Hall–Kier alpha value is -2.10. The molecule has 11 heteroatoms. The number of nitrogens with zero attached hydrogens (tertiary/aromatic N) is 2. The Kier molecular flexibility index (Phi) is 7.50.